The third-order valence-electron chi connectivity index (χ3n) is 3.39. The Morgan fingerprint density at radius 2 is 2.00 bits per heavy atom. The van der Waals surface area contributed by atoms with E-state index in [1.807, 2.05) is 0 Å². The fourth-order valence-electron chi connectivity index (χ4n) is 2.72. The van der Waals surface area contributed by atoms with E-state index in [0.717, 1.165) is 25.7 Å². The second-order valence-corrected chi connectivity index (χ2v) is 7.33. The van der Waals surface area contributed by atoms with E-state index in [0.29, 0.717) is 12.2 Å². The fraction of sp³-hybridized carbons (Fsp3) is 0.600. The van der Waals surface area contributed by atoms with Crippen LogP contribution in [0.5, 0.6) is 0 Å². The molecule has 0 radical (unpaired) electrons. The molecule has 17 heavy (non-hydrogen) atoms. The molecular formula is C15H21BrO. The summed E-state index contributed by atoms with van der Waals surface area (Å²) in [5.41, 5.74) is 1.41. The Kier molecular flexibility index (Phi) is 4.26. The van der Waals surface area contributed by atoms with Gasteiger partial charge in [-0.15, -0.1) is 0 Å². The van der Waals surface area contributed by atoms with Gasteiger partial charge in [0.05, 0.1) is 12.2 Å². The van der Waals surface area contributed by atoms with E-state index < -0.39 is 0 Å². The standard InChI is InChI=1S/C15H21BrO/c1-12-10-15(2,16)11-14(17-12)9-8-13-6-4-3-5-7-13/h3-7,12,14H,8-11H2,1-2H3/t12-,14+,15-/m1/s1. The minimum atomic E-state index is 0.256. The van der Waals surface area contributed by atoms with Gasteiger partial charge in [-0.1, -0.05) is 46.3 Å². The molecule has 1 nitrogen and oxygen atoms in total. The molecular weight excluding hydrogens is 276 g/mol. The molecule has 1 aliphatic rings. The first-order valence-corrected chi connectivity index (χ1v) is 7.23. The summed E-state index contributed by atoms with van der Waals surface area (Å²) in [6.07, 6.45) is 5.22. The van der Waals surface area contributed by atoms with Crippen molar-refractivity contribution in [3.05, 3.63) is 35.9 Å². The molecule has 0 aliphatic carbocycles. The van der Waals surface area contributed by atoms with Gasteiger partial charge in [-0.05, 0) is 45.1 Å². The number of aryl methyl sites for hydroxylation is 1. The van der Waals surface area contributed by atoms with Crippen molar-refractivity contribution in [1.29, 1.82) is 0 Å². The van der Waals surface area contributed by atoms with Gasteiger partial charge in [0.1, 0.15) is 0 Å². The first-order valence-electron chi connectivity index (χ1n) is 6.43. The molecule has 1 heterocycles. The zero-order chi connectivity index (χ0) is 12.3. The second-order valence-electron chi connectivity index (χ2n) is 5.41. The molecule has 0 unspecified atom stereocenters. The number of hydrogen-bond donors (Lipinski definition) is 0. The van der Waals surface area contributed by atoms with Crippen molar-refractivity contribution in [3.8, 4) is 0 Å². The molecule has 0 spiro atoms. The second kappa shape index (κ2) is 5.53. The van der Waals surface area contributed by atoms with Crippen LogP contribution < -0.4 is 0 Å². The minimum Gasteiger partial charge on any atom is -0.375 e. The molecule has 94 valence electrons. The first-order chi connectivity index (χ1) is 8.05. The van der Waals surface area contributed by atoms with E-state index in [-0.39, 0.29) is 4.32 Å². The zero-order valence-electron chi connectivity index (χ0n) is 10.7. The number of benzene rings is 1. The summed E-state index contributed by atoms with van der Waals surface area (Å²) in [4.78, 5) is 0. The van der Waals surface area contributed by atoms with Gasteiger partial charge in [-0.2, -0.15) is 0 Å². The van der Waals surface area contributed by atoms with E-state index in [9.17, 15) is 0 Å². The van der Waals surface area contributed by atoms with Crippen LogP contribution in [-0.2, 0) is 11.2 Å². The van der Waals surface area contributed by atoms with Crippen LogP contribution in [0.3, 0.4) is 0 Å². The highest BCUT2D eigenvalue weighted by atomic mass is 79.9. The van der Waals surface area contributed by atoms with Gasteiger partial charge in [-0.25, -0.2) is 0 Å². The fourth-order valence-corrected chi connectivity index (χ4v) is 3.54. The average Bonchev–Trinajstić information content (AvgIpc) is 2.25. The van der Waals surface area contributed by atoms with Crippen molar-refractivity contribution in [2.24, 2.45) is 0 Å². The van der Waals surface area contributed by atoms with E-state index in [2.05, 4.69) is 60.1 Å². The highest BCUT2D eigenvalue weighted by Crippen LogP contribution is 2.36. The molecule has 0 bridgehead atoms. The molecule has 0 saturated carbocycles. The predicted molar refractivity (Wildman–Crippen MR) is 75.7 cm³/mol. The SMILES string of the molecule is C[C@@H]1C[C@@](C)(Br)C[C@H](CCc2ccccc2)O1. The van der Waals surface area contributed by atoms with E-state index in [1.165, 1.54) is 5.56 Å². The number of rotatable bonds is 3. The quantitative estimate of drug-likeness (QED) is 0.754. The molecule has 1 saturated heterocycles. The monoisotopic (exact) mass is 296 g/mol. The lowest BCUT2D eigenvalue weighted by molar-refractivity contribution is -0.0526. The molecule has 0 N–H and O–H groups in total. The Balaban J connectivity index is 1.87. The van der Waals surface area contributed by atoms with Gasteiger partial charge < -0.3 is 4.74 Å². The molecule has 1 fully saturated rings. The van der Waals surface area contributed by atoms with Gasteiger partial charge in [0.2, 0.25) is 0 Å². The lowest BCUT2D eigenvalue weighted by Crippen LogP contribution is -2.38. The lowest BCUT2D eigenvalue weighted by Gasteiger charge is -2.38. The highest BCUT2D eigenvalue weighted by Gasteiger charge is 2.33. The topological polar surface area (TPSA) is 9.23 Å². The van der Waals surface area contributed by atoms with Crippen LogP contribution in [0.15, 0.2) is 30.3 Å². The molecule has 1 aromatic carbocycles. The van der Waals surface area contributed by atoms with Crippen molar-refractivity contribution in [1.82, 2.24) is 0 Å². The van der Waals surface area contributed by atoms with Crippen LogP contribution >= 0.6 is 15.9 Å². The molecule has 3 atom stereocenters. The Bertz CT molecular complexity index is 347. The number of ether oxygens (including phenoxy) is 1. The summed E-state index contributed by atoms with van der Waals surface area (Å²) in [5, 5.41) is 0. The normalized spacial score (nSPS) is 33.6. The van der Waals surface area contributed by atoms with Gasteiger partial charge in [-0.3, -0.25) is 0 Å². The average molecular weight is 297 g/mol. The summed E-state index contributed by atoms with van der Waals surface area (Å²) in [5.74, 6) is 0. The maximum atomic E-state index is 6.01. The largest absolute Gasteiger partial charge is 0.375 e. The van der Waals surface area contributed by atoms with E-state index >= 15 is 0 Å². The van der Waals surface area contributed by atoms with Crippen LogP contribution in [0, 0.1) is 0 Å². The van der Waals surface area contributed by atoms with Crippen molar-refractivity contribution < 1.29 is 4.74 Å². The van der Waals surface area contributed by atoms with E-state index in [1.54, 1.807) is 0 Å². The Morgan fingerprint density at radius 3 is 2.65 bits per heavy atom. The molecule has 1 aromatic rings. The van der Waals surface area contributed by atoms with Crippen LogP contribution in [0.1, 0.15) is 38.7 Å². The summed E-state index contributed by atoms with van der Waals surface area (Å²) >= 11 is 3.82. The number of hydrogen-bond acceptors (Lipinski definition) is 1. The molecule has 1 aliphatic heterocycles. The maximum absolute atomic E-state index is 6.01. The maximum Gasteiger partial charge on any atom is 0.0595 e. The molecule has 2 heteroatoms. The van der Waals surface area contributed by atoms with Crippen LogP contribution in [-0.4, -0.2) is 16.5 Å². The van der Waals surface area contributed by atoms with Crippen molar-refractivity contribution in [2.45, 2.75) is 56.1 Å². The van der Waals surface area contributed by atoms with Gasteiger partial charge in [0, 0.05) is 4.32 Å². The molecule has 2 rings (SSSR count). The van der Waals surface area contributed by atoms with Crippen LogP contribution in [0.2, 0.25) is 0 Å². The Labute approximate surface area is 113 Å². The van der Waals surface area contributed by atoms with Gasteiger partial charge >= 0.3 is 0 Å². The number of halogens is 1. The number of alkyl halides is 1. The Morgan fingerprint density at radius 1 is 1.29 bits per heavy atom. The van der Waals surface area contributed by atoms with Gasteiger partial charge in [0.15, 0.2) is 0 Å². The summed E-state index contributed by atoms with van der Waals surface area (Å²) < 4.78 is 6.27. The summed E-state index contributed by atoms with van der Waals surface area (Å²) in [7, 11) is 0. The molecule has 0 aromatic heterocycles. The smallest absolute Gasteiger partial charge is 0.0595 e. The van der Waals surface area contributed by atoms with Gasteiger partial charge in [0.25, 0.3) is 0 Å². The highest BCUT2D eigenvalue weighted by molar-refractivity contribution is 9.10. The first kappa shape index (κ1) is 13.1. The van der Waals surface area contributed by atoms with Crippen molar-refractivity contribution >= 4 is 15.9 Å². The van der Waals surface area contributed by atoms with Crippen LogP contribution in [0.4, 0.5) is 0 Å². The third-order valence-corrected chi connectivity index (χ3v) is 4.04. The third kappa shape index (κ3) is 4.11. The summed E-state index contributed by atoms with van der Waals surface area (Å²) in [6.45, 7) is 4.45. The zero-order valence-corrected chi connectivity index (χ0v) is 12.2. The Hall–Kier alpha value is -0.340. The molecule has 0 amide bonds. The summed E-state index contributed by atoms with van der Waals surface area (Å²) in [6, 6.07) is 10.7. The van der Waals surface area contributed by atoms with Crippen molar-refractivity contribution in [2.75, 3.05) is 0 Å². The van der Waals surface area contributed by atoms with Crippen LogP contribution in [0.25, 0.3) is 0 Å². The van der Waals surface area contributed by atoms with Crippen molar-refractivity contribution in [3.63, 3.8) is 0 Å². The van der Waals surface area contributed by atoms with E-state index in [4.69, 9.17) is 4.74 Å². The predicted octanol–water partition coefficient (Wildman–Crippen LogP) is 4.34. The minimum absolute atomic E-state index is 0.256. The lowest BCUT2D eigenvalue weighted by atomic mass is 9.91.